The lowest BCUT2D eigenvalue weighted by Crippen LogP contribution is -2.44. The van der Waals surface area contributed by atoms with Crippen LogP contribution in [0.4, 0.5) is 10.7 Å². The highest BCUT2D eigenvalue weighted by Crippen LogP contribution is 2.44. The number of anilines is 2. The largest absolute Gasteiger partial charge is 0.492 e. The summed E-state index contributed by atoms with van der Waals surface area (Å²) in [6.07, 6.45) is 0. The monoisotopic (exact) mass is 270 g/mol. The van der Waals surface area contributed by atoms with E-state index >= 15 is 0 Å². The first kappa shape index (κ1) is 13.0. The molecule has 2 heterocycles. The number of amides is 1. The van der Waals surface area contributed by atoms with Crippen molar-refractivity contribution in [2.45, 2.75) is 0 Å². The summed E-state index contributed by atoms with van der Waals surface area (Å²) >= 11 is 1.31. The van der Waals surface area contributed by atoms with Gasteiger partial charge >= 0.3 is 0 Å². The number of hydrogen-bond donors (Lipinski definition) is 2. The third kappa shape index (κ3) is 2.23. The molecule has 0 bridgehead atoms. The molecule has 1 saturated heterocycles. The van der Waals surface area contributed by atoms with Gasteiger partial charge in [0, 0.05) is 26.2 Å². The molecule has 1 fully saturated rings. The minimum atomic E-state index is -0.504. The summed E-state index contributed by atoms with van der Waals surface area (Å²) in [4.78, 5) is 16.1. The number of thiophene rings is 1. The van der Waals surface area contributed by atoms with Crippen LogP contribution in [0.1, 0.15) is 9.67 Å². The van der Waals surface area contributed by atoms with Gasteiger partial charge in [0.1, 0.15) is 15.6 Å². The van der Waals surface area contributed by atoms with Gasteiger partial charge in [0.2, 0.25) is 0 Å². The number of likely N-dealkylation sites (N-methyl/N-ethyl adjacent to an activating group) is 1. The van der Waals surface area contributed by atoms with Crippen molar-refractivity contribution in [3.63, 3.8) is 0 Å². The van der Waals surface area contributed by atoms with Crippen LogP contribution < -0.4 is 21.1 Å². The average molecular weight is 270 g/mol. The molecule has 100 valence electrons. The summed E-state index contributed by atoms with van der Waals surface area (Å²) in [5, 5.41) is 0.900. The molecule has 0 radical (unpaired) electrons. The minimum Gasteiger partial charge on any atom is -0.492 e. The molecule has 0 aromatic carbocycles. The van der Waals surface area contributed by atoms with Crippen molar-refractivity contribution in [3.8, 4) is 5.75 Å². The lowest BCUT2D eigenvalue weighted by atomic mass is 10.3. The Morgan fingerprint density at radius 2 is 1.94 bits per heavy atom. The first-order chi connectivity index (χ1) is 8.54. The van der Waals surface area contributed by atoms with Crippen molar-refractivity contribution in [2.75, 3.05) is 51.0 Å². The van der Waals surface area contributed by atoms with Crippen LogP contribution in [0.5, 0.6) is 5.75 Å². The molecule has 6 nitrogen and oxygen atoms in total. The molecule has 18 heavy (non-hydrogen) atoms. The van der Waals surface area contributed by atoms with Crippen LogP contribution in [-0.4, -0.2) is 51.1 Å². The van der Waals surface area contributed by atoms with Gasteiger partial charge in [-0.2, -0.15) is 0 Å². The van der Waals surface area contributed by atoms with E-state index in [4.69, 9.17) is 16.2 Å². The maximum absolute atomic E-state index is 11.3. The highest BCUT2D eigenvalue weighted by Gasteiger charge is 2.25. The van der Waals surface area contributed by atoms with E-state index in [0.717, 1.165) is 31.2 Å². The zero-order chi connectivity index (χ0) is 13.3. The van der Waals surface area contributed by atoms with Gasteiger partial charge in [-0.3, -0.25) is 4.79 Å². The van der Waals surface area contributed by atoms with E-state index in [1.807, 2.05) is 0 Å². The Labute approximate surface area is 110 Å². The van der Waals surface area contributed by atoms with Crippen molar-refractivity contribution in [2.24, 2.45) is 5.73 Å². The fourth-order valence-corrected chi connectivity index (χ4v) is 3.11. The highest BCUT2D eigenvalue weighted by molar-refractivity contribution is 7.19. The number of rotatable bonds is 3. The molecule has 1 amide bonds. The number of methoxy groups -OCH3 is 1. The Balaban J connectivity index is 2.32. The number of nitrogen functional groups attached to an aromatic ring is 1. The van der Waals surface area contributed by atoms with Crippen LogP contribution in [0.15, 0.2) is 0 Å². The van der Waals surface area contributed by atoms with E-state index in [0.29, 0.717) is 16.3 Å². The summed E-state index contributed by atoms with van der Waals surface area (Å²) in [5.41, 5.74) is 11.6. The van der Waals surface area contributed by atoms with Crippen molar-refractivity contribution in [3.05, 3.63) is 4.88 Å². The van der Waals surface area contributed by atoms with E-state index in [2.05, 4.69) is 16.8 Å². The Morgan fingerprint density at radius 3 is 2.44 bits per heavy atom. The molecule has 2 rings (SSSR count). The molecule has 1 aliphatic heterocycles. The molecule has 0 spiro atoms. The van der Waals surface area contributed by atoms with Gasteiger partial charge in [-0.1, -0.05) is 0 Å². The average Bonchev–Trinajstić information content (AvgIpc) is 2.67. The number of nitrogens with zero attached hydrogens (tertiary/aromatic N) is 2. The summed E-state index contributed by atoms with van der Waals surface area (Å²) in [5.74, 6) is 0.0644. The third-order valence-electron chi connectivity index (χ3n) is 3.10. The number of carbonyl (C=O) groups is 1. The lowest BCUT2D eigenvalue weighted by molar-refractivity contribution is 0.100. The van der Waals surface area contributed by atoms with Crippen LogP contribution in [0.25, 0.3) is 0 Å². The van der Waals surface area contributed by atoms with E-state index in [9.17, 15) is 4.79 Å². The number of piperazine rings is 1. The summed E-state index contributed by atoms with van der Waals surface area (Å²) in [6, 6.07) is 0. The van der Waals surface area contributed by atoms with Crippen molar-refractivity contribution in [1.82, 2.24) is 4.90 Å². The van der Waals surface area contributed by atoms with Crippen LogP contribution in [0.3, 0.4) is 0 Å². The predicted molar refractivity (Wildman–Crippen MR) is 73.5 cm³/mol. The maximum atomic E-state index is 11.3. The number of hydrogen-bond acceptors (Lipinski definition) is 6. The fraction of sp³-hybridized carbons (Fsp3) is 0.545. The first-order valence-corrected chi connectivity index (χ1v) is 6.55. The van der Waals surface area contributed by atoms with Gasteiger partial charge in [-0.25, -0.2) is 0 Å². The molecule has 0 saturated carbocycles. The van der Waals surface area contributed by atoms with Crippen molar-refractivity contribution < 1.29 is 9.53 Å². The van der Waals surface area contributed by atoms with Gasteiger partial charge < -0.3 is 26.0 Å². The highest BCUT2D eigenvalue weighted by atomic mass is 32.1. The summed E-state index contributed by atoms with van der Waals surface area (Å²) in [7, 11) is 3.65. The molecule has 1 aromatic heterocycles. The fourth-order valence-electron chi connectivity index (χ4n) is 2.01. The van der Waals surface area contributed by atoms with Gasteiger partial charge in [0.25, 0.3) is 5.91 Å². The Bertz CT molecular complexity index is 452. The van der Waals surface area contributed by atoms with E-state index in [1.165, 1.54) is 11.3 Å². The quantitative estimate of drug-likeness (QED) is 0.819. The van der Waals surface area contributed by atoms with Gasteiger partial charge in [0.15, 0.2) is 5.75 Å². The minimum absolute atomic E-state index is 0.351. The molecule has 7 heteroatoms. The summed E-state index contributed by atoms with van der Waals surface area (Å²) in [6.45, 7) is 3.75. The normalized spacial score (nSPS) is 16.9. The molecule has 0 aliphatic carbocycles. The number of nitrogens with two attached hydrogens (primary N) is 2. The van der Waals surface area contributed by atoms with Crippen LogP contribution in [0.2, 0.25) is 0 Å². The second-order valence-electron chi connectivity index (χ2n) is 4.34. The smallest absolute Gasteiger partial charge is 0.261 e. The second kappa shape index (κ2) is 5.03. The molecule has 0 atom stereocenters. The van der Waals surface area contributed by atoms with E-state index in [-0.39, 0.29) is 0 Å². The molecule has 4 N–H and O–H groups in total. The lowest BCUT2D eigenvalue weighted by Gasteiger charge is -2.33. The molecule has 1 aliphatic rings. The maximum Gasteiger partial charge on any atom is 0.261 e. The van der Waals surface area contributed by atoms with Crippen LogP contribution in [0, 0.1) is 0 Å². The number of carbonyl (C=O) groups excluding carboxylic acids is 1. The predicted octanol–water partition coefficient (Wildman–Crippen LogP) is 0.190. The van der Waals surface area contributed by atoms with Gasteiger partial charge in [0.05, 0.1) is 7.11 Å². The Kier molecular flexibility index (Phi) is 3.63. The van der Waals surface area contributed by atoms with E-state index < -0.39 is 5.91 Å². The first-order valence-electron chi connectivity index (χ1n) is 5.74. The van der Waals surface area contributed by atoms with Crippen molar-refractivity contribution >= 4 is 27.9 Å². The standard InChI is InChI=1S/C11H18N4O2S/c1-14-3-5-15(6-4-14)11-8(17-2)7(12)9(18-11)10(13)16/h3-6,12H2,1-2H3,(H2,13,16). The Hall–Kier alpha value is -1.47. The van der Waals surface area contributed by atoms with Crippen LogP contribution >= 0.6 is 11.3 Å². The van der Waals surface area contributed by atoms with Crippen LogP contribution in [-0.2, 0) is 0 Å². The molecule has 0 unspecified atom stereocenters. The Morgan fingerprint density at radius 1 is 1.33 bits per heavy atom. The van der Waals surface area contributed by atoms with Gasteiger partial charge in [-0.05, 0) is 7.05 Å². The molecular weight excluding hydrogens is 252 g/mol. The van der Waals surface area contributed by atoms with Crippen molar-refractivity contribution in [1.29, 1.82) is 0 Å². The molecular formula is C11H18N4O2S. The van der Waals surface area contributed by atoms with E-state index in [1.54, 1.807) is 7.11 Å². The summed E-state index contributed by atoms with van der Waals surface area (Å²) < 4.78 is 5.31. The second-order valence-corrected chi connectivity index (χ2v) is 5.34. The number of primary amides is 1. The molecule has 1 aromatic rings. The zero-order valence-electron chi connectivity index (χ0n) is 10.6. The number of ether oxygens (including phenoxy) is 1. The third-order valence-corrected chi connectivity index (χ3v) is 4.36. The zero-order valence-corrected chi connectivity index (χ0v) is 11.4. The topological polar surface area (TPSA) is 84.8 Å². The SMILES string of the molecule is COc1c(N2CCN(C)CC2)sc(C(N)=O)c1N. The van der Waals surface area contributed by atoms with Gasteiger partial charge in [-0.15, -0.1) is 11.3 Å².